The molecule has 0 radical (unpaired) electrons. The first-order chi connectivity index (χ1) is 14.6. The molecule has 7 nitrogen and oxygen atoms in total. The van der Waals surface area contributed by atoms with Gasteiger partial charge in [-0.2, -0.15) is 0 Å². The second-order valence-corrected chi connectivity index (χ2v) is 7.34. The molecule has 3 aromatic rings. The second-order valence-electron chi connectivity index (χ2n) is 7.34. The molecule has 0 aliphatic carbocycles. The number of anilines is 2. The average molecular weight is 403 g/mol. The number of rotatable bonds is 5. The first-order valence-electron chi connectivity index (χ1n) is 10.1. The van der Waals surface area contributed by atoms with E-state index < -0.39 is 11.5 Å². The molecule has 0 atom stereocenters. The van der Waals surface area contributed by atoms with Gasteiger partial charge in [-0.1, -0.05) is 24.3 Å². The summed E-state index contributed by atoms with van der Waals surface area (Å²) >= 11 is 0. The van der Waals surface area contributed by atoms with Crippen molar-refractivity contribution in [2.75, 3.05) is 36.0 Å². The predicted molar refractivity (Wildman–Crippen MR) is 118 cm³/mol. The number of aromatic nitrogens is 2. The molecule has 0 bridgehead atoms. The Morgan fingerprint density at radius 2 is 1.80 bits per heavy atom. The van der Waals surface area contributed by atoms with Gasteiger partial charge in [0.05, 0.1) is 0 Å². The van der Waals surface area contributed by atoms with Gasteiger partial charge < -0.3 is 20.1 Å². The number of nitrogens with zero attached hydrogens (tertiary/aromatic N) is 3. The van der Waals surface area contributed by atoms with Gasteiger partial charge in [-0.25, -0.2) is 4.98 Å². The first kappa shape index (κ1) is 19.7. The molecule has 1 fully saturated rings. The van der Waals surface area contributed by atoms with Crippen molar-refractivity contribution in [2.24, 2.45) is 0 Å². The number of benzene rings is 1. The Balaban J connectivity index is 1.43. The molecule has 3 heterocycles. The number of pyridine rings is 2. The maximum atomic E-state index is 12.4. The second kappa shape index (κ2) is 8.82. The van der Waals surface area contributed by atoms with Gasteiger partial charge >= 0.3 is 0 Å². The number of hydrogen-bond acceptors (Lipinski definition) is 5. The molecule has 0 spiro atoms. The monoisotopic (exact) mass is 403 g/mol. The molecule has 1 aliphatic heterocycles. The number of aromatic amines is 1. The molecule has 4 rings (SSSR count). The molecule has 1 aromatic carbocycles. The lowest BCUT2D eigenvalue weighted by atomic mass is 10.1. The van der Waals surface area contributed by atoms with Crippen molar-refractivity contribution in [1.82, 2.24) is 15.3 Å². The van der Waals surface area contributed by atoms with E-state index in [1.54, 1.807) is 12.3 Å². The predicted octanol–water partition coefficient (Wildman–Crippen LogP) is 2.33. The summed E-state index contributed by atoms with van der Waals surface area (Å²) in [6.45, 7) is 5.97. The van der Waals surface area contributed by atoms with Gasteiger partial charge in [-0.15, -0.1) is 0 Å². The molecular weight excluding hydrogens is 378 g/mol. The highest BCUT2D eigenvalue weighted by Crippen LogP contribution is 2.24. The van der Waals surface area contributed by atoms with Crippen LogP contribution in [-0.2, 0) is 6.54 Å². The maximum Gasteiger partial charge on any atom is 0.260 e. The lowest BCUT2D eigenvalue weighted by Crippen LogP contribution is -2.47. The van der Waals surface area contributed by atoms with Gasteiger partial charge in [-0.05, 0) is 36.8 Å². The van der Waals surface area contributed by atoms with Crippen molar-refractivity contribution in [3.05, 3.63) is 88.0 Å². The quantitative estimate of drug-likeness (QED) is 0.683. The van der Waals surface area contributed by atoms with E-state index >= 15 is 0 Å². The first-order valence-corrected chi connectivity index (χ1v) is 10.1. The SMILES string of the molecule is Cc1ccccc1N1CCN(c2ncccc2CNC(=O)c2ccc[nH]c2=O)CC1. The van der Waals surface area contributed by atoms with Crippen LogP contribution in [0.2, 0.25) is 0 Å². The van der Waals surface area contributed by atoms with E-state index in [-0.39, 0.29) is 5.56 Å². The fourth-order valence-electron chi connectivity index (χ4n) is 3.80. The van der Waals surface area contributed by atoms with Crippen molar-refractivity contribution >= 4 is 17.4 Å². The van der Waals surface area contributed by atoms with E-state index in [1.807, 2.05) is 12.1 Å². The highest BCUT2D eigenvalue weighted by Gasteiger charge is 2.21. The number of amides is 1. The van der Waals surface area contributed by atoms with E-state index in [1.165, 1.54) is 23.5 Å². The van der Waals surface area contributed by atoms with Gasteiger partial charge in [0.25, 0.3) is 11.5 Å². The molecular formula is C23H25N5O2. The molecule has 154 valence electrons. The van der Waals surface area contributed by atoms with E-state index in [2.05, 4.69) is 56.3 Å². The Morgan fingerprint density at radius 1 is 1.03 bits per heavy atom. The fraction of sp³-hybridized carbons (Fsp3) is 0.261. The summed E-state index contributed by atoms with van der Waals surface area (Å²) in [5.41, 5.74) is 3.20. The summed E-state index contributed by atoms with van der Waals surface area (Å²) in [5, 5.41) is 2.84. The Hall–Kier alpha value is -3.61. The van der Waals surface area contributed by atoms with Gasteiger partial charge in [0.1, 0.15) is 11.4 Å². The molecule has 1 saturated heterocycles. The third-order valence-corrected chi connectivity index (χ3v) is 5.41. The van der Waals surface area contributed by atoms with Gasteiger partial charge in [-0.3, -0.25) is 9.59 Å². The Kier molecular flexibility index (Phi) is 5.79. The normalized spacial score (nSPS) is 13.9. The number of nitrogens with one attached hydrogen (secondary N) is 2. The summed E-state index contributed by atoms with van der Waals surface area (Å²) < 4.78 is 0. The minimum atomic E-state index is -0.395. The number of H-pyrrole nitrogens is 1. The molecule has 1 amide bonds. The van der Waals surface area contributed by atoms with Gasteiger partial charge in [0.2, 0.25) is 0 Å². The van der Waals surface area contributed by atoms with E-state index in [0.29, 0.717) is 6.54 Å². The minimum Gasteiger partial charge on any atom is -0.368 e. The zero-order valence-corrected chi connectivity index (χ0v) is 17.0. The van der Waals surface area contributed by atoms with Crippen LogP contribution in [0.5, 0.6) is 0 Å². The minimum absolute atomic E-state index is 0.106. The van der Waals surface area contributed by atoms with Gasteiger partial charge in [0.15, 0.2) is 0 Å². The van der Waals surface area contributed by atoms with Crippen LogP contribution < -0.4 is 20.7 Å². The van der Waals surface area contributed by atoms with Crippen LogP contribution in [0.1, 0.15) is 21.5 Å². The van der Waals surface area contributed by atoms with Crippen LogP contribution in [0.25, 0.3) is 0 Å². The van der Waals surface area contributed by atoms with Crippen molar-refractivity contribution in [2.45, 2.75) is 13.5 Å². The Bertz CT molecular complexity index is 1090. The number of carbonyl (C=O) groups is 1. The lowest BCUT2D eigenvalue weighted by Gasteiger charge is -2.38. The summed E-state index contributed by atoms with van der Waals surface area (Å²) in [6.07, 6.45) is 3.28. The number of hydrogen-bond donors (Lipinski definition) is 2. The molecule has 2 aromatic heterocycles. The topological polar surface area (TPSA) is 81.3 Å². The van der Waals surface area contributed by atoms with Crippen LogP contribution in [0, 0.1) is 6.92 Å². The largest absolute Gasteiger partial charge is 0.368 e. The molecule has 1 aliphatic rings. The van der Waals surface area contributed by atoms with Crippen LogP contribution >= 0.6 is 0 Å². The highest BCUT2D eigenvalue weighted by molar-refractivity contribution is 5.93. The van der Waals surface area contributed by atoms with E-state index in [0.717, 1.165) is 37.6 Å². The number of para-hydroxylation sites is 1. The van der Waals surface area contributed by atoms with Crippen LogP contribution in [0.4, 0.5) is 11.5 Å². The maximum absolute atomic E-state index is 12.4. The summed E-state index contributed by atoms with van der Waals surface area (Å²) in [5.74, 6) is 0.486. The summed E-state index contributed by atoms with van der Waals surface area (Å²) in [6, 6.07) is 15.4. The van der Waals surface area contributed by atoms with Crippen LogP contribution in [0.15, 0.2) is 65.7 Å². The van der Waals surface area contributed by atoms with E-state index in [4.69, 9.17) is 0 Å². The molecule has 0 unspecified atom stereocenters. The molecule has 2 N–H and O–H groups in total. The van der Waals surface area contributed by atoms with E-state index in [9.17, 15) is 9.59 Å². The molecule has 7 heteroatoms. The zero-order valence-electron chi connectivity index (χ0n) is 17.0. The highest BCUT2D eigenvalue weighted by atomic mass is 16.2. The van der Waals surface area contributed by atoms with Gasteiger partial charge in [0, 0.05) is 56.4 Å². The van der Waals surface area contributed by atoms with Crippen LogP contribution in [0.3, 0.4) is 0 Å². The number of piperazine rings is 1. The Labute approximate surface area is 175 Å². The van der Waals surface area contributed by atoms with Crippen molar-refractivity contribution in [1.29, 1.82) is 0 Å². The molecule has 30 heavy (non-hydrogen) atoms. The van der Waals surface area contributed by atoms with Crippen molar-refractivity contribution in [3.63, 3.8) is 0 Å². The smallest absolute Gasteiger partial charge is 0.260 e. The van der Waals surface area contributed by atoms with Crippen LogP contribution in [-0.4, -0.2) is 42.1 Å². The summed E-state index contributed by atoms with van der Waals surface area (Å²) in [4.78, 5) is 36.0. The molecule has 0 saturated carbocycles. The number of carbonyl (C=O) groups excluding carboxylic acids is 1. The average Bonchev–Trinajstić information content (AvgIpc) is 2.78. The lowest BCUT2D eigenvalue weighted by molar-refractivity contribution is 0.0949. The fourth-order valence-corrected chi connectivity index (χ4v) is 3.80. The van der Waals surface area contributed by atoms with Crippen molar-refractivity contribution in [3.8, 4) is 0 Å². The number of aryl methyl sites for hydroxylation is 1. The summed E-state index contributed by atoms with van der Waals surface area (Å²) in [7, 11) is 0. The zero-order chi connectivity index (χ0) is 20.9. The third-order valence-electron chi connectivity index (χ3n) is 5.41. The van der Waals surface area contributed by atoms with Crippen molar-refractivity contribution < 1.29 is 4.79 Å². The standard InChI is InChI=1S/C23H25N5O2/c1-17-6-2-3-9-20(17)27-12-14-28(15-13-27)21-18(7-4-10-24-21)16-26-23(30)19-8-5-11-25-22(19)29/h2-11H,12-16H2,1H3,(H,25,29)(H,26,30). The third kappa shape index (κ3) is 4.20. The Morgan fingerprint density at radius 3 is 2.57 bits per heavy atom.